The summed E-state index contributed by atoms with van der Waals surface area (Å²) < 4.78 is 0. The third kappa shape index (κ3) is 4.91. The van der Waals surface area contributed by atoms with Gasteiger partial charge in [0.05, 0.1) is 10.6 Å². The lowest BCUT2D eigenvalue weighted by molar-refractivity contribution is 0.101. The summed E-state index contributed by atoms with van der Waals surface area (Å²) in [5.41, 5.74) is 3.16. The van der Waals surface area contributed by atoms with Gasteiger partial charge in [0, 0.05) is 22.0 Å². The molecule has 0 heterocycles. The molecular formula is C22H18Cl2N2O2. The van der Waals surface area contributed by atoms with Crippen LogP contribution in [0.1, 0.15) is 33.2 Å². The van der Waals surface area contributed by atoms with Crippen LogP contribution in [0.25, 0.3) is 0 Å². The Hall–Kier alpha value is -2.82. The summed E-state index contributed by atoms with van der Waals surface area (Å²) in [5.74, 6) is -0.577. The second kappa shape index (κ2) is 8.91. The maximum atomic E-state index is 12.4. The van der Waals surface area contributed by atoms with E-state index < -0.39 is 0 Å². The van der Waals surface area contributed by atoms with Crippen LogP contribution in [-0.4, -0.2) is 11.8 Å². The fraction of sp³-hybridized carbons (Fsp3) is 0.0909. The van der Waals surface area contributed by atoms with Gasteiger partial charge in [0.1, 0.15) is 0 Å². The molecule has 6 heteroatoms. The van der Waals surface area contributed by atoms with Crippen molar-refractivity contribution >= 4 is 46.4 Å². The Labute approximate surface area is 173 Å². The van der Waals surface area contributed by atoms with Crippen LogP contribution in [-0.2, 0) is 6.42 Å². The molecule has 0 saturated heterocycles. The van der Waals surface area contributed by atoms with Crippen molar-refractivity contribution in [2.24, 2.45) is 0 Å². The van der Waals surface area contributed by atoms with Crippen molar-refractivity contribution in [1.82, 2.24) is 0 Å². The maximum Gasteiger partial charge on any atom is 0.257 e. The molecule has 0 spiro atoms. The molecule has 0 saturated carbocycles. The van der Waals surface area contributed by atoms with Crippen LogP contribution in [0.15, 0.2) is 66.7 Å². The van der Waals surface area contributed by atoms with Crippen molar-refractivity contribution < 1.29 is 9.59 Å². The molecule has 0 aliphatic carbocycles. The van der Waals surface area contributed by atoms with Crippen LogP contribution in [0, 0.1) is 0 Å². The van der Waals surface area contributed by atoms with Gasteiger partial charge in [0.2, 0.25) is 0 Å². The molecule has 3 aromatic rings. The molecule has 0 unspecified atom stereocenters. The largest absolute Gasteiger partial charge is 0.322 e. The van der Waals surface area contributed by atoms with Gasteiger partial charge in [-0.15, -0.1) is 0 Å². The lowest BCUT2D eigenvalue weighted by Gasteiger charge is -2.10. The number of carbonyl (C=O) groups is 2. The monoisotopic (exact) mass is 412 g/mol. The molecule has 0 aromatic heterocycles. The van der Waals surface area contributed by atoms with E-state index in [0.717, 1.165) is 6.42 Å². The first-order valence-corrected chi connectivity index (χ1v) is 9.48. The lowest BCUT2D eigenvalue weighted by Crippen LogP contribution is -2.14. The predicted octanol–water partition coefficient (Wildman–Crippen LogP) is 6.06. The highest BCUT2D eigenvalue weighted by Gasteiger charge is 2.12. The minimum Gasteiger partial charge on any atom is -0.322 e. The Morgan fingerprint density at radius 3 is 2.07 bits per heavy atom. The molecule has 3 aromatic carbocycles. The summed E-state index contributed by atoms with van der Waals surface area (Å²) in [5, 5.41) is 6.33. The summed E-state index contributed by atoms with van der Waals surface area (Å²) in [6.07, 6.45) is 0.918. The van der Waals surface area contributed by atoms with Crippen LogP contribution in [0.4, 0.5) is 11.4 Å². The number of aryl methyl sites for hydroxylation is 1. The van der Waals surface area contributed by atoms with Crippen molar-refractivity contribution in [2.45, 2.75) is 13.3 Å². The van der Waals surface area contributed by atoms with E-state index in [-0.39, 0.29) is 16.8 Å². The van der Waals surface area contributed by atoms with Crippen LogP contribution >= 0.6 is 23.2 Å². The minimum atomic E-state index is -0.361. The Morgan fingerprint density at radius 1 is 0.821 bits per heavy atom. The molecule has 0 fully saturated rings. The molecule has 0 bridgehead atoms. The number of nitrogens with one attached hydrogen (secondary N) is 2. The van der Waals surface area contributed by atoms with E-state index in [1.807, 2.05) is 12.1 Å². The fourth-order valence-electron chi connectivity index (χ4n) is 2.64. The van der Waals surface area contributed by atoms with Crippen molar-refractivity contribution in [3.05, 3.63) is 93.5 Å². The summed E-state index contributed by atoms with van der Waals surface area (Å²) in [6.45, 7) is 2.06. The van der Waals surface area contributed by atoms with E-state index in [0.29, 0.717) is 27.5 Å². The van der Waals surface area contributed by atoms with E-state index in [9.17, 15) is 9.59 Å². The molecule has 0 radical (unpaired) electrons. The van der Waals surface area contributed by atoms with E-state index >= 15 is 0 Å². The van der Waals surface area contributed by atoms with Gasteiger partial charge >= 0.3 is 0 Å². The number of rotatable bonds is 5. The number of halogens is 2. The number of benzene rings is 3. The molecule has 28 heavy (non-hydrogen) atoms. The molecule has 0 atom stereocenters. The summed E-state index contributed by atoms with van der Waals surface area (Å²) in [4.78, 5) is 24.9. The smallest absolute Gasteiger partial charge is 0.257 e. The van der Waals surface area contributed by atoms with E-state index in [1.54, 1.807) is 48.5 Å². The highest BCUT2D eigenvalue weighted by Crippen LogP contribution is 2.23. The third-order valence-electron chi connectivity index (χ3n) is 4.18. The summed E-state index contributed by atoms with van der Waals surface area (Å²) >= 11 is 11.9. The van der Waals surface area contributed by atoms with E-state index in [2.05, 4.69) is 17.6 Å². The third-order valence-corrected chi connectivity index (χ3v) is 4.73. The van der Waals surface area contributed by atoms with E-state index in [1.165, 1.54) is 11.6 Å². The molecule has 3 rings (SSSR count). The Kier molecular flexibility index (Phi) is 6.34. The Balaban J connectivity index is 1.71. The molecule has 0 aliphatic rings. The zero-order valence-corrected chi connectivity index (χ0v) is 16.6. The quantitative estimate of drug-likeness (QED) is 0.534. The maximum absolute atomic E-state index is 12.4. The molecule has 2 N–H and O–H groups in total. The zero-order valence-electron chi connectivity index (χ0n) is 15.1. The van der Waals surface area contributed by atoms with Gasteiger partial charge in [-0.2, -0.15) is 0 Å². The summed E-state index contributed by atoms with van der Waals surface area (Å²) in [7, 11) is 0. The standard InChI is InChI=1S/C22H18Cl2N2O2/c1-2-14-6-8-15(9-7-14)21(27)25-17-4-3-5-18(13-17)26-22(28)19-11-10-16(23)12-20(19)24/h3-13H,2H2,1H3,(H,25,27)(H,26,28). The zero-order chi connectivity index (χ0) is 20.1. The average molecular weight is 413 g/mol. The normalized spacial score (nSPS) is 10.4. The molecule has 0 aliphatic heterocycles. The van der Waals surface area contributed by atoms with E-state index in [4.69, 9.17) is 23.2 Å². The van der Waals surface area contributed by atoms with Gasteiger partial charge in [0.25, 0.3) is 11.8 Å². The first-order chi connectivity index (χ1) is 13.5. The topological polar surface area (TPSA) is 58.2 Å². The van der Waals surface area contributed by atoms with Crippen LogP contribution in [0.2, 0.25) is 10.0 Å². The Bertz CT molecular complexity index is 1020. The number of hydrogen-bond donors (Lipinski definition) is 2. The van der Waals surface area contributed by atoms with Gasteiger partial charge in [0.15, 0.2) is 0 Å². The molecule has 2 amide bonds. The first kappa shape index (κ1) is 19.9. The Morgan fingerprint density at radius 2 is 1.46 bits per heavy atom. The van der Waals surface area contributed by atoms with Gasteiger partial charge in [-0.05, 0) is 60.5 Å². The number of amides is 2. The molecular weight excluding hydrogens is 395 g/mol. The second-order valence-corrected chi connectivity index (χ2v) is 7.01. The summed E-state index contributed by atoms with van der Waals surface area (Å²) in [6, 6.07) is 19.0. The molecule has 142 valence electrons. The lowest BCUT2D eigenvalue weighted by atomic mass is 10.1. The average Bonchev–Trinajstić information content (AvgIpc) is 2.68. The van der Waals surface area contributed by atoms with Crippen molar-refractivity contribution in [2.75, 3.05) is 10.6 Å². The van der Waals surface area contributed by atoms with Crippen molar-refractivity contribution in [1.29, 1.82) is 0 Å². The van der Waals surface area contributed by atoms with Crippen LogP contribution in [0.3, 0.4) is 0 Å². The van der Waals surface area contributed by atoms with Crippen molar-refractivity contribution in [3.63, 3.8) is 0 Å². The second-order valence-electron chi connectivity index (χ2n) is 6.16. The van der Waals surface area contributed by atoms with Crippen LogP contribution in [0.5, 0.6) is 0 Å². The highest BCUT2D eigenvalue weighted by atomic mass is 35.5. The minimum absolute atomic E-state index is 0.216. The fourth-order valence-corrected chi connectivity index (χ4v) is 3.14. The first-order valence-electron chi connectivity index (χ1n) is 8.73. The van der Waals surface area contributed by atoms with Gasteiger partial charge < -0.3 is 10.6 Å². The van der Waals surface area contributed by atoms with Crippen LogP contribution < -0.4 is 10.6 Å². The van der Waals surface area contributed by atoms with Gasteiger partial charge in [-0.3, -0.25) is 9.59 Å². The highest BCUT2D eigenvalue weighted by molar-refractivity contribution is 6.37. The van der Waals surface area contributed by atoms with Crippen molar-refractivity contribution in [3.8, 4) is 0 Å². The number of carbonyl (C=O) groups excluding carboxylic acids is 2. The van der Waals surface area contributed by atoms with Gasteiger partial charge in [-0.1, -0.05) is 48.3 Å². The SMILES string of the molecule is CCc1ccc(C(=O)Nc2cccc(NC(=O)c3ccc(Cl)cc3Cl)c2)cc1. The number of hydrogen-bond acceptors (Lipinski definition) is 2. The molecule has 4 nitrogen and oxygen atoms in total. The predicted molar refractivity (Wildman–Crippen MR) is 115 cm³/mol. The van der Waals surface area contributed by atoms with Gasteiger partial charge in [-0.25, -0.2) is 0 Å². The number of anilines is 2.